The van der Waals surface area contributed by atoms with Gasteiger partial charge < -0.3 is 35.4 Å². The van der Waals surface area contributed by atoms with Crippen LogP contribution in [0.5, 0.6) is 0 Å². The summed E-state index contributed by atoms with van der Waals surface area (Å²) in [6.45, 7) is 0.101. The maximum Gasteiger partial charge on any atom is 0.354 e. The summed E-state index contributed by atoms with van der Waals surface area (Å²) >= 11 is 0. The number of aromatic nitrogens is 3. The van der Waals surface area contributed by atoms with Gasteiger partial charge in [-0.2, -0.15) is 5.01 Å². The molecule has 3 aromatic rings. The number of amides is 6. The summed E-state index contributed by atoms with van der Waals surface area (Å²) in [5, 5.41) is 18.0. The highest BCUT2D eigenvalue weighted by Gasteiger charge is 2.32. The number of carbonyl (C=O) groups is 5. The monoisotopic (exact) mass is 567 g/mol. The third kappa shape index (κ3) is 6.64. The number of nitrogens with two attached hydrogens (primary N) is 1. The smallest absolute Gasteiger partial charge is 0.354 e. The molecule has 3 aromatic heterocycles. The van der Waals surface area contributed by atoms with Gasteiger partial charge in [-0.1, -0.05) is 0 Å². The van der Waals surface area contributed by atoms with E-state index in [-0.39, 0.29) is 47.3 Å². The first-order chi connectivity index (χ1) is 19.4. The first-order valence-corrected chi connectivity index (χ1v) is 11.9. The number of nitrogens with zero attached hydrogens (tertiary/aromatic N) is 6. The lowest BCUT2D eigenvalue weighted by Crippen LogP contribution is -2.43. The third-order valence-corrected chi connectivity index (χ3v) is 5.90. The van der Waals surface area contributed by atoms with Crippen LogP contribution in [0.3, 0.4) is 0 Å². The van der Waals surface area contributed by atoms with Gasteiger partial charge in [-0.05, 0) is 18.2 Å². The molecular weight excluding hydrogens is 538 g/mol. The first-order valence-electron chi connectivity index (χ1n) is 11.9. The summed E-state index contributed by atoms with van der Waals surface area (Å²) in [6.07, 6.45) is 4.95. The van der Waals surface area contributed by atoms with Crippen molar-refractivity contribution in [3.63, 3.8) is 0 Å². The minimum absolute atomic E-state index is 0.0273. The van der Waals surface area contributed by atoms with Crippen LogP contribution in [0.4, 0.5) is 21.9 Å². The van der Waals surface area contributed by atoms with Crippen LogP contribution in [-0.4, -0.2) is 68.3 Å². The first kappa shape index (κ1) is 29.8. The summed E-state index contributed by atoms with van der Waals surface area (Å²) < 4.78 is 4.25. The minimum Gasteiger partial charge on any atom is -0.388 e. The third-order valence-electron chi connectivity index (χ3n) is 5.90. The van der Waals surface area contributed by atoms with E-state index in [0.717, 1.165) is 7.05 Å². The number of nitrogens with one attached hydrogen (secondary N) is 4. The highest BCUT2D eigenvalue weighted by molar-refractivity contribution is 6.20. The van der Waals surface area contributed by atoms with E-state index in [9.17, 15) is 28.9 Å². The van der Waals surface area contributed by atoms with Crippen molar-refractivity contribution < 1.29 is 24.0 Å². The molecule has 0 aromatic carbocycles. The number of imide groups is 1. The van der Waals surface area contributed by atoms with E-state index in [4.69, 9.17) is 11.1 Å². The van der Waals surface area contributed by atoms with Crippen molar-refractivity contribution in [2.45, 2.75) is 6.42 Å². The van der Waals surface area contributed by atoms with Gasteiger partial charge in [0.15, 0.2) is 0 Å². The molecule has 0 aliphatic carbocycles. The van der Waals surface area contributed by atoms with Gasteiger partial charge in [0.05, 0.1) is 28.2 Å². The molecule has 0 aliphatic rings. The minimum atomic E-state index is -1.09. The molecule has 17 heteroatoms. The van der Waals surface area contributed by atoms with Crippen LogP contribution < -0.4 is 26.6 Å². The van der Waals surface area contributed by atoms with Crippen LogP contribution in [0, 0.1) is 10.3 Å². The van der Waals surface area contributed by atoms with Gasteiger partial charge in [-0.15, -0.1) is 4.91 Å². The summed E-state index contributed by atoms with van der Waals surface area (Å²) in [4.78, 5) is 74.7. The number of rotatable bonds is 11. The fraction of sp³-hybridized carbons (Fsp3) is 0.250. The molecule has 6 amide bonds. The van der Waals surface area contributed by atoms with Crippen LogP contribution in [0.15, 0.2) is 42.1 Å². The predicted octanol–water partition coefficient (Wildman–Crippen LogP) is 0.959. The number of hydrogen-bond acceptors (Lipinski definition) is 8. The number of anilines is 3. The van der Waals surface area contributed by atoms with Crippen molar-refractivity contribution in [3.05, 3.63) is 58.8 Å². The number of nitroso groups, excluding NO2 is 1. The van der Waals surface area contributed by atoms with Gasteiger partial charge in [0.1, 0.15) is 17.1 Å². The highest BCUT2D eigenvalue weighted by atomic mass is 16.3. The number of urea groups is 1. The van der Waals surface area contributed by atoms with Gasteiger partial charge in [0, 0.05) is 59.7 Å². The van der Waals surface area contributed by atoms with E-state index in [1.807, 2.05) is 0 Å². The van der Waals surface area contributed by atoms with Crippen LogP contribution >= 0.6 is 0 Å². The zero-order chi connectivity index (χ0) is 30.4. The van der Waals surface area contributed by atoms with Gasteiger partial charge in [0.2, 0.25) is 6.41 Å². The van der Waals surface area contributed by atoms with Gasteiger partial charge in [0.25, 0.3) is 17.7 Å². The number of carbonyl (C=O) groups excluding carboxylic acids is 5. The molecule has 0 fully saturated rings. The van der Waals surface area contributed by atoms with E-state index < -0.39 is 23.8 Å². The number of aryl methyl sites for hydroxylation is 3. The fourth-order valence-electron chi connectivity index (χ4n) is 3.88. The van der Waals surface area contributed by atoms with Crippen molar-refractivity contribution in [1.82, 2.24) is 24.0 Å². The fourth-order valence-corrected chi connectivity index (χ4v) is 3.88. The second-order valence-electron chi connectivity index (χ2n) is 8.92. The Hall–Kier alpha value is -5.74. The van der Waals surface area contributed by atoms with E-state index >= 15 is 0 Å². The molecule has 17 nitrogen and oxygen atoms in total. The molecule has 0 spiro atoms. The molecular formula is C24H29N11O6. The molecule has 216 valence electrons. The Morgan fingerprint density at radius 1 is 0.951 bits per heavy atom. The lowest BCUT2D eigenvalue weighted by Gasteiger charge is -2.21. The number of hydrogen-bond donors (Lipinski definition) is 5. The highest BCUT2D eigenvalue weighted by Crippen LogP contribution is 2.24. The predicted molar refractivity (Wildman–Crippen MR) is 149 cm³/mol. The van der Waals surface area contributed by atoms with E-state index in [1.54, 1.807) is 13.2 Å². The molecule has 0 radical (unpaired) electrons. The molecule has 0 unspecified atom stereocenters. The second-order valence-corrected chi connectivity index (χ2v) is 8.92. The Morgan fingerprint density at radius 2 is 1.54 bits per heavy atom. The maximum atomic E-state index is 13.7. The zero-order valence-corrected chi connectivity index (χ0v) is 22.7. The van der Waals surface area contributed by atoms with Gasteiger partial charge in [-0.25, -0.2) is 9.69 Å². The van der Waals surface area contributed by atoms with E-state index in [1.165, 1.54) is 58.4 Å². The molecule has 0 atom stereocenters. The molecule has 0 aliphatic heterocycles. The topological polar surface area (TPSA) is 222 Å². The average molecular weight is 568 g/mol. The quantitative estimate of drug-likeness (QED) is 0.0741. The Morgan fingerprint density at radius 3 is 2.17 bits per heavy atom. The van der Waals surface area contributed by atoms with E-state index in [2.05, 4.69) is 21.2 Å². The molecule has 0 bridgehead atoms. The second kappa shape index (κ2) is 12.4. The SMILES string of the molecule is CN(N=O)C(=O)N(C(=O)c1cc(NC(=O)c2cc(NC=O)cn2C)cn1C)c1cc(C(=O)NCCC(=N)N)n(C)c1. The molecule has 0 saturated heterocycles. The van der Waals surface area contributed by atoms with Crippen molar-refractivity contribution in [2.75, 3.05) is 29.1 Å². The Balaban J connectivity index is 1.91. The van der Waals surface area contributed by atoms with Crippen molar-refractivity contribution in [3.8, 4) is 0 Å². The zero-order valence-electron chi connectivity index (χ0n) is 22.7. The molecule has 3 heterocycles. The lowest BCUT2D eigenvalue weighted by atomic mass is 10.3. The van der Waals surface area contributed by atoms with Crippen LogP contribution in [0.25, 0.3) is 0 Å². The van der Waals surface area contributed by atoms with Crippen LogP contribution in [0.2, 0.25) is 0 Å². The Kier molecular flexibility index (Phi) is 9.02. The summed E-state index contributed by atoms with van der Waals surface area (Å²) in [6, 6.07) is 2.99. The Bertz CT molecular complexity index is 1530. The summed E-state index contributed by atoms with van der Waals surface area (Å²) in [7, 11) is 5.72. The Labute approximate surface area is 233 Å². The van der Waals surface area contributed by atoms with Crippen molar-refractivity contribution >= 4 is 53.1 Å². The summed E-state index contributed by atoms with van der Waals surface area (Å²) in [5.74, 6) is -2.06. The van der Waals surface area contributed by atoms with Gasteiger partial charge >= 0.3 is 6.03 Å². The van der Waals surface area contributed by atoms with E-state index in [0.29, 0.717) is 22.0 Å². The standard InChI is InChI=1S/C24H29N11O6/c1-31-10-14(28-13-36)7-17(31)22(38)29-15-8-19(32(2)11-15)23(39)35(24(40)34(4)30-41)16-9-18(33(3)12-16)21(37)27-6-5-20(25)26/h7-13H,5-6H2,1-4H3,(H3,25,26)(H,27,37)(H,28,36)(H,29,38). The average Bonchev–Trinajstić information content (AvgIpc) is 3.59. The number of amidine groups is 1. The largest absolute Gasteiger partial charge is 0.388 e. The van der Waals surface area contributed by atoms with Crippen molar-refractivity contribution in [2.24, 2.45) is 32.2 Å². The normalized spacial score (nSPS) is 10.4. The lowest BCUT2D eigenvalue weighted by molar-refractivity contribution is -0.105. The molecule has 0 saturated carbocycles. The summed E-state index contributed by atoms with van der Waals surface area (Å²) in [5.41, 5.74) is 6.18. The van der Waals surface area contributed by atoms with Crippen LogP contribution in [-0.2, 0) is 25.9 Å². The maximum absolute atomic E-state index is 13.7. The molecule has 3 rings (SSSR count). The van der Waals surface area contributed by atoms with Crippen LogP contribution in [0.1, 0.15) is 37.9 Å². The molecule has 41 heavy (non-hydrogen) atoms. The van der Waals surface area contributed by atoms with Crippen molar-refractivity contribution in [1.29, 1.82) is 5.41 Å². The van der Waals surface area contributed by atoms with Gasteiger partial charge in [-0.3, -0.25) is 24.6 Å². The molecule has 6 N–H and O–H groups in total.